The van der Waals surface area contributed by atoms with E-state index < -0.39 is 72.7 Å². The summed E-state index contributed by atoms with van der Waals surface area (Å²) >= 11 is 0. The van der Waals surface area contributed by atoms with E-state index in [1.807, 2.05) is 0 Å². The summed E-state index contributed by atoms with van der Waals surface area (Å²) < 4.78 is 211. The molecule has 0 radical (unpaired) electrons. The van der Waals surface area contributed by atoms with Gasteiger partial charge in [0.2, 0.25) is 0 Å². The van der Waals surface area contributed by atoms with Crippen LogP contribution >= 0.6 is 9.47 Å². The average molecular weight is 574 g/mol. The monoisotopic (exact) mass is 574 g/mol. The Labute approximate surface area is 190 Å². The summed E-state index contributed by atoms with van der Waals surface area (Å²) in [6.45, 7) is 1.77. The third kappa shape index (κ3) is 5.42. The molecule has 0 aliphatic rings. The topological polar surface area (TPSA) is 35.5 Å². The summed E-state index contributed by atoms with van der Waals surface area (Å²) in [7, 11) is 1.27. The lowest BCUT2D eigenvalue weighted by Gasteiger charge is -2.42. The van der Waals surface area contributed by atoms with Crippen LogP contribution in [-0.2, 0) is 14.1 Å². The lowest BCUT2D eigenvalue weighted by atomic mass is 9.89. The third-order valence-corrected chi connectivity index (χ3v) is 4.92. The number of ether oxygens (including phenoxy) is 1. The first-order valence-corrected chi connectivity index (χ1v) is 9.73. The van der Waals surface area contributed by atoms with E-state index in [1.54, 1.807) is 0 Å². The number of halogens is 15. The normalized spacial score (nSPS) is 16.7. The molecule has 19 heteroatoms. The Bertz CT molecular complexity index is 729. The lowest BCUT2D eigenvalue weighted by Crippen LogP contribution is -2.74. The number of carbonyl (C=O) groups is 1. The molecule has 0 N–H and O–H groups in total. The maximum absolute atomic E-state index is 13.8. The van der Waals surface area contributed by atoms with Gasteiger partial charge in [-0.25, -0.2) is 9.18 Å². The summed E-state index contributed by atoms with van der Waals surface area (Å²) in [5, 5.41) is 0. The van der Waals surface area contributed by atoms with E-state index in [-0.39, 0.29) is 12.8 Å². The molecule has 0 heterocycles. The fourth-order valence-corrected chi connectivity index (χ4v) is 2.57. The molecule has 0 aliphatic heterocycles. The highest BCUT2D eigenvalue weighted by Gasteiger charge is 2.94. The maximum Gasteiger partial charge on any atom is 0.473 e. The second-order valence-electron chi connectivity index (χ2n) is 7.08. The van der Waals surface area contributed by atoms with Gasteiger partial charge in [0, 0.05) is 9.47 Å². The highest BCUT2D eigenvalue weighted by atomic mass is 31.0. The maximum atomic E-state index is 13.8. The van der Waals surface area contributed by atoms with E-state index in [9.17, 15) is 70.7 Å². The number of carbonyl (C=O) groups excluding carboxylic acids is 1. The Kier molecular flexibility index (Phi) is 10.3. The van der Waals surface area contributed by atoms with E-state index >= 15 is 0 Å². The molecular formula is C16H18F15O3P. The molecule has 0 amide bonds. The van der Waals surface area contributed by atoms with E-state index in [2.05, 4.69) is 9.26 Å². The third-order valence-electron chi connectivity index (χ3n) is 4.59. The standard InChI is InChI=1S/C16H18F15O3P/c1-3-5-6-7(34-35)9(32)33-16(30,31)15(28,29)14(26,27)13(24,25)12(22,23)11(20,21)10(18,19)8(17)4-2/h7-8H,3-6,35H2,1-2H3. The summed E-state index contributed by atoms with van der Waals surface area (Å²) in [5.74, 6) is -50.1. The Morgan fingerprint density at radius 3 is 1.51 bits per heavy atom. The van der Waals surface area contributed by atoms with Gasteiger partial charge in [-0.3, -0.25) is 0 Å². The van der Waals surface area contributed by atoms with Crippen LogP contribution in [0.1, 0.15) is 39.5 Å². The van der Waals surface area contributed by atoms with Gasteiger partial charge in [-0.2, -0.15) is 61.5 Å². The smallest absolute Gasteiger partial charge is 0.394 e. The van der Waals surface area contributed by atoms with Crippen LogP contribution in [0, 0.1) is 0 Å². The van der Waals surface area contributed by atoms with Crippen molar-refractivity contribution in [3.8, 4) is 0 Å². The van der Waals surface area contributed by atoms with Gasteiger partial charge in [-0.05, 0) is 12.8 Å². The molecule has 210 valence electrons. The van der Waals surface area contributed by atoms with E-state index in [0.717, 1.165) is 0 Å². The molecule has 0 aromatic heterocycles. The summed E-state index contributed by atoms with van der Waals surface area (Å²) in [6.07, 6.45) is -15.8. The number of unbranched alkanes of at least 4 members (excludes halogenated alkanes) is 1. The van der Waals surface area contributed by atoms with Gasteiger partial charge in [0.25, 0.3) is 0 Å². The Morgan fingerprint density at radius 2 is 1.14 bits per heavy atom. The van der Waals surface area contributed by atoms with Gasteiger partial charge in [0.1, 0.15) is 0 Å². The average Bonchev–Trinajstić information content (AvgIpc) is 2.72. The zero-order chi connectivity index (χ0) is 28.5. The van der Waals surface area contributed by atoms with Crippen LogP contribution in [0.4, 0.5) is 65.9 Å². The van der Waals surface area contributed by atoms with Crippen LogP contribution < -0.4 is 0 Å². The lowest BCUT2D eigenvalue weighted by molar-refractivity contribution is -0.463. The summed E-state index contributed by atoms with van der Waals surface area (Å²) in [6, 6.07) is 0. The minimum absolute atomic E-state index is 0.0484. The second-order valence-corrected chi connectivity index (χ2v) is 7.35. The zero-order valence-corrected chi connectivity index (χ0v) is 18.6. The first kappa shape index (κ1) is 33.8. The fraction of sp³-hybridized carbons (Fsp3) is 0.938. The highest BCUT2D eigenvalue weighted by molar-refractivity contribution is 7.09. The Hall–Kier alpha value is -1.19. The second kappa shape index (κ2) is 10.7. The van der Waals surface area contributed by atoms with Crippen LogP contribution in [0.3, 0.4) is 0 Å². The van der Waals surface area contributed by atoms with Crippen molar-refractivity contribution in [3.63, 3.8) is 0 Å². The van der Waals surface area contributed by atoms with Crippen LogP contribution in [-0.4, -0.2) is 59.9 Å². The largest absolute Gasteiger partial charge is 0.473 e. The predicted octanol–water partition coefficient (Wildman–Crippen LogP) is 7.05. The quantitative estimate of drug-likeness (QED) is 0.127. The molecule has 0 aromatic rings. The fourth-order valence-electron chi connectivity index (χ4n) is 2.32. The highest BCUT2D eigenvalue weighted by Crippen LogP contribution is 2.62. The molecule has 0 bridgehead atoms. The molecule has 0 saturated heterocycles. The van der Waals surface area contributed by atoms with Gasteiger partial charge in [-0.15, -0.1) is 0 Å². The van der Waals surface area contributed by atoms with Crippen molar-refractivity contribution in [2.75, 3.05) is 0 Å². The van der Waals surface area contributed by atoms with E-state index in [0.29, 0.717) is 6.92 Å². The van der Waals surface area contributed by atoms with Crippen molar-refractivity contribution < 1.29 is 79.9 Å². The van der Waals surface area contributed by atoms with Gasteiger partial charge >= 0.3 is 47.6 Å². The van der Waals surface area contributed by atoms with Gasteiger partial charge in [0.15, 0.2) is 12.3 Å². The molecule has 3 nitrogen and oxygen atoms in total. The number of hydrogen-bond donors (Lipinski definition) is 0. The number of esters is 1. The van der Waals surface area contributed by atoms with E-state index in [1.165, 1.54) is 16.4 Å². The first-order valence-electron chi connectivity index (χ1n) is 9.26. The first-order chi connectivity index (χ1) is 15.4. The molecular weight excluding hydrogens is 556 g/mol. The van der Waals surface area contributed by atoms with Gasteiger partial charge < -0.3 is 9.26 Å². The van der Waals surface area contributed by atoms with Crippen LogP contribution in [0.25, 0.3) is 0 Å². The SMILES string of the molecule is CCCCC(OP)C(=O)OC(F)(F)C(F)(F)C(F)(F)C(F)(F)C(F)(F)C(F)(F)C(F)(F)C(F)CC. The number of alkyl halides is 15. The predicted molar refractivity (Wildman–Crippen MR) is 90.0 cm³/mol. The van der Waals surface area contributed by atoms with Gasteiger partial charge in [-0.1, -0.05) is 26.7 Å². The Morgan fingerprint density at radius 1 is 0.743 bits per heavy atom. The summed E-state index contributed by atoms with van der Waals surface area (Å²) in [5.41, 5.74) is 0. The molecule has 0 rings (SSSR count). The van der Waals surface area contributed by atoms with Crippen molar-refractivity contribution in [2.24, 2.45) is 0 Å². The number of rotatable bonds is 14. The number of hydrogen-bond acceptors (Lipinski definition) is 3. The molecule has 3 atom stereocenters. The van der Waals surface area contributed by atoms with Crippen molar-refractivity contribution in [1.82, 2.24) is 0 Å². The van der Waals surface area contributed by atoms with Crippen molar-refractivity contribution >= 4 is 15.4 Å². The molecule has 3 unspecified atom stereocenters. The molecule has 0 saturated carbocycles. The molecule has 0 aliphatic carbocycles. The molecule has 35 heavy (non-hydrogen) atoms. The minimum atomic E-state index is -8.39. The Balaban J connectivity index is 6.46. The van der Waals surface area contributed by atoms with Crippen molar-refractivity contribution in [2.45, 2.75) is 93.5 Å². The zero-order valence-electron chi connectivity index (χ0n) is 17.5. The van der Waals surface area contributed by atoms with Crippen molar-refractivity contribution in [1.29, 1.82) is 0 Å². The van der Waals surface area contributed by atoms with Crippen molar-refractivity contribution in [3.05, 3.63) is 0 Å². The van der Waals surface area contributed by atoms with Crippen LogP contribution in [0.5, 0.6) is 0 Å². The van der Waals surface area contributed by atoms with Crippen LogP contribution in [0.15, 0.2) is 0 Å². The molecule has 0 spiro atoms. The molecule has 0 fully saturated rings. The summed E-state index contributed by atoms with van der Waals surface area (Å²) in [4.78, 5) is 11.5. The van der Waals surface area contributed by atoms with E-state index in [4.69, 9.17) is 0 Å². The van der Waals surface area contributed by atoms with Gasteiger partial charge in [0.05, 0.1) is 0 Å². The van der Waals surface area contributed by atoms with Crippen LogP contribution in [0.2, 0.25) is 0 Å². The molecule has 0 aromatic carbocycles. The minimum Gasteiger partial charge on any atom is -0.394 e.